The molecule has 1 aliphatic rings. The molecule has 0 radical (unpaired) electrons. The minimum Gasteiger partial charge on any atom is -0.353 e. The van der Waals surface area contributed by atoms with Crippen LogP contribution in [0.5, 0.6) is 0 Å². The minimum absolute atomic E-state index is 0.127. The highest BCUT2D eigenvalue weighted by Gasteiger charge is 2.17. The molecule has 1 N–H and O–H groups in total. The maximum Gasteiger partial charge on any atom is 0.275 e. The molecule has 3 rings (SSSR count). The summed E-state index contributed by atoms with van der Waals surface area (Å²) in [5.74, 6) is -0.212. The van der Waals surface area contributed by atoms with Gasteiger partial charge in [0, 0.05) is 26.2 Å². The van der Waals surface area contributed by atoms with E-state index in [0.717, 1.165) is 32.0 Å². The average molecular weight is 315 g/mol. The summed E-state index contributed by atoms with van der Waals surface area (Å²) >= 11 is 0. The Morgan fingerprint density at radius 1 is 1.13 bits per heavy atom. The van der Waals surface area contributed by atoms with E-state index in [-0.39, 0.29) is 11.4 Å². The predicted octanol–water partition coefficient (Wildman–Crippen LogP) is 1.62. The lowest BCUT2D eigenvalue weighted by Gasteiger charge is -2.32. The number of nitrogens with one attached hydrogen (secondary N) is 1. The van der Waals surface area contributed by atoms with Crippen LogP contribution in [0.2, 0.25) is 0 Å². The van der Waals surface area contributed by atoms with Gasteiger partial charge >= 0.3 is 0 Å². The molecule has 1 fully saturated rings. The number of carbonyl (C=O) groups is 1. The first-order chi connectivity index (χ1) is 11.1. The van der Waals surface area contributed by atoms with Crippen molar-refractivity contribution < 1.29 is 9.18 Å². The van der Waals surface area contributed by atoms with Crippen molar-refractivity contribution in [1.29, 1.82) is 0 Å². The van der Waals surface area contributed by atoms with Crippen LogP contribution in [0.25, 0.3) is 0 Å². The molecule has 2 aromatic rings. The number of piperazine rings is 1. The molecule has 0 bridgehead atoms. The van der Waals surface area contributed by atoms with Crippen molar-refractivity contribution in [1.82, 2.24) is 14.9 Å². The van der Waals surface area contributed by atoms with Crippen LogP contribution in [0.3, 0.4) is 0 Å². The average Bonchev–Trinajstić information content (AvgIpc) is 2.58. The Hall–Kier alpha value is -2.54. The van der Waals surface area contributed by atoms with Crippen molar-refractivity contribution in [2.45, 2.75) is 0 Å². The molecule has 2 heterocycles. The summed E-state index contributed by atoms with van der Waals surface area (Å²) in [6.45, 7) is 3.70. The number of rotatable bonds is 3. The summed E-state index contributed by atoms with van der Waals surface area (Å²) in [5, 5.41) is 2.49. The third-order valence-electron chi connectivity index (χ3n) is 3.82. The summed E-state index contributed by atoms with van der Waals surface area (Å²) in [6, 6.07) is 6.01. The zero-order valence-corrected chi connectivity index (χ0v) is 12.9. The van der Waals surface area contributed by atoms with E-state index in [0.29, 0.717) is 0 Å². The summed E-state index contributed by atoms with van der Waals surface area (Å²) in [5.41, 5.74) is 0.286. The number of aromatic nitrogens is 2. The second-order valence-electron chi connectivity index (χ2n) is 5.48. The number of likely N-dealkylation sites (N-methyl/N-ethyl adjacent to an activating group) is 1. The number of hydrogen-bond donors (Lipinski definition) is 1. The number of nitrogens with zero attached hydrogens (tertiary/aromatic N) is 4. The van der Waals surface area contributed by atoms with Crippen molar-refractivity contribution in [3.63, 3.8) is 0 Å². The molecule has 1 saturated heterocycles. The van der Waals surface area contributed by atoms with Gasteiger partial charge in [0.25, 0.3) is 5.91 Å². The first kappa shape index (κ1) is 15.4. The van der Waals surface area contributed by atoms with Crippen molar-refractivity contribution in [2.24, 2.45) is 0 Å². The number of benzene rings is 1. The molecule has 1 aromatic carbocycles. The molecular formula is C16H18FN5O. The fourth-order valence-corrected chi connectivity index (χ4v) is 2.39. The molecule has 1 amide bonds. The van der Waals surface area contributed by atoms with E-state index in [1.165, 1.54) is 18.3 Å². The minimum atomic E-state index is -0.483. The van der Waals surface area contributed by atoms with Crippen molar-refractivity contribution in [3.05, 3.63) is 48.2 Å². The third-order valence-corrected chi connectivity index (χ3v) is 3.82. The van der Waals surface area contributed by atoms with E-state index in [9.17, 15) is 9.18 Å². The Labute approximate surface area is 134 Å². The fourth-order valence-electron chi connectivity index (χ4n) is 2.39. The second kappa shape index (κ2) is 6.70. The normalized spacial score (nSPS) is 15.5. The van der Waals surface area contributed by atoms with Crippen LogP contribution in [-0.4, -0.2) is 54.0 Å². The van der Waals surface area contributed by atoms with Crippen molar-refractivity contribution >= 4 is 17.4 Å². The van der Waals surface area contributed by atoms with E-state index >= 15 is 0 Å². The topological polar surface area (TPSA) is 61.4 Å². The summed E-state index contributed by atoms with van der Waals surface area (Å²) in [4.78, 5) is 24.9. The Kier molecular flexibility index (Phi) is 4.47. The van der Waals surface area contributed by atoms with Crippen LogP contribution in [0, 0.1) is 5.82 Å². The van der Waals surface area contributed by atoms with Crippen molar-refractivity contribution in [2.75, 3.05) is 43.4 Å². The molecule has 0 saturated carbocycles. The Balaban J connectivity index is 1.67. The van der Waals surface area contributed by atoms with E-state index in [1.807, 2.05) is 0 Å². The fraction of sp³-hybridized carbons (Fsp3) is 0.312. The summed E-state index contributed by atoms with van der Waals surface area (Å²) < 4.78 is 13.5. The SMILES string of the molecule is CN1CCN(c2cnc(C(=O)Nc3ccccc3F)cn2)CC1. The quantitative estimate of drug-likeness (QED) is 0.932. The smallest absolute Gasteiger partial charge is 0.275 e. The Morgan fingerprint density at radius 3 is 2.52 bits per heavy atom. The molecule has 1 aromatic heterocycles. The molecule has 0 atom stereocenters. The molecule has 0 aliphatic carbocycles. The highest BCUT2D eigenvalue weighted by molar-refractivity contribution is 6.02. The van der Waals surface area contributed by atoms with Crippen LogP contribution in [0.1, 0.15) is 10.5 Å². The van der Waals surface area contributed by atoms with Gasteiger partial charge in [0.05, 0.1) is 18.1 Å². The zero-order valence-electron chi connectivity index (χ0n) is 12.9. The van der Waals surface area contributed by atoms with Gasteiger partial charge in [0.2, 0.25) is 0 Å². The van der Waals surface area contributed by atoms with Gasteiger partial charge in [0.15, 0.2) is 0 Å². The number of hydrogen-bond acceptors (Lipinski definition) is 5. The largest absolute Gasteiger partial charge is 0.353 e. The lowest BCUT2D eigenvalue weighted by Crippen LogP contribution is -2.44. The Morgan fingerprint density at radius 2 is 1.87 bits per heavy atom. The lowest BCUT2D eigenvalue weighted by atomic mass is 10.3. The maximum absolute atomic E-state index is 13.5. The van der Waals surface area contributed by atoms with Crippen LogP contribution in [0.4, 0.5) is 15.9 Å². The zero-order chi connectivity index (χ0) is 16.2. The van der Waals surface area contributed by atoms with Crippen LogP contribution in [0.15, 0.2) is 36.7 Å². The summed E-state index contributed by atoms with van der Waals surface area (Å²) in [6.07, 6.45) is 3.01. The van der Waals surface area contributed by atoms with Crippen molar-refractivity contribution in [3.8, 4) is 0 Å². The number of halogens is 1. The number of amides is 1. The van der Waals surface area contributed by atoms with E-state index in [1.54, 1.807) is 18.3 Å². The van der Waals surface area contributed by atoms with Crippen LogP contribution < -0.4 is 10.2 Å². The first-order valence-electron chi connectivity index (χ1n) is 7.45. The molecular weight excluding hydrogens is 297 g/mol. The van der Waals surface area contributed by atoms with Gasteiger partial charge in [-0.15, -0.1) is 0 Å². The predicted molar refractivity (Wildman–Crippen MR) is 86.1 cm³/mol. The molecule has 6 nitrogen and oxygen atoms in total. The van der Waals surface area contributed by atoms with Gasteiger partial charge in [0.1, 0.15) is 17.3 Å². The van der Waals surface area contributed by atoms with Crippen LogP contribution >= 0.6 is 0 Å². The van der Waals surface area contributed by atoms with E-state index in [2.05, 4.69) is 32.1 Å². The monoisotopic (exact) mass is 315 g/mol. The van der Waals surface area contributed by atoms with Gasteiger partial charge < -0.3 is 15.1 Å². The maximum atomic E-state index is 13.5. The first-order valence-corrected chi connectivity index (χ1v) is 7.45. The van der Waals surface area contributed by atoms with Gasteiger partial charge in [-0.3, -0.25) is 4.79 Å². The summed E-state index contributed by atoms with van der Waals surface area (Å²) in [7, 11) is 2.08. The van der Waals surface area contributed by atoms with Gasteiger partial charge in [-0.2, -0.15) is 0 Å². The third kappa shape index (κ3) is 3.62. The number of carbonyl (C=O) groups excluding carboxylic acids is 1. The molecule has 0 unspecified atom stereocenters. The molecule has 120 valence electrons. The second-order valence-corrected chi connectivity index (χ2v) is 5.48. The highest BCUT2D eigenvalue weighted by Crippen LogP contribution is 2.15. The number of para-hydroxylation sites is 1. The standard InChI is InChI=1S/C16H18FN5O/c1-21-6-8-22(9-7-21)15-11-18-14(10-19-15)16(23)20-13-5-3-2-4-12(13)17/h2-5,10-11H,6-9H2,1H3,(H,20,23). The molecule has 1 aliphatic heterocycles. The van der Waals surface area contributed by atoms with E-state index < -0.39 is 11.7 Å². The van der Waals surface area contributed by atoms with Gasteiger partial charge in [-0.1, -0.05) is 12.1 Å². The molecule has 0 spiro atoms. The van der Waals surface area contributed by atoms with Gasteiger partial charge in [-0.25, -0.2) is 14.4 Å². The lowest BCUT2D eigenvalue weighted by molar-refractivity contribution is 0.102. The Bertz CT molecular complexity index is 683. The van der Waals surface area contributed by atoms with Crippen LogP contribution in [-0.2, 0) is 0 Å². The molecule has 7 heteroatoms. The molecule has 23 heavy (non-hydrogen) atoms. The number of anilines is 2. The van der Waals surface area contributed by atoms with E-state index in [4.69, 9.17) is 0 Å². The van der Waals surface area contributed by atoms with Gasteiger partial charge in [-0.05, 0) is 19.2 Å². The highest BCUT2D eigenvalue weighted by atomic mass is 19.1.